The van der Waals surface area contributed by atoms with Gasteiger partial charge in [-0.15, -0.1) is 0 Å². The topological polar surface area (TPSA) is 67.2 Å². The van der Waals surface area contributed by atoms with Crippen LogP contribution in [0.3, 0.4) is 0 Å². The summed E-state index contributed by atoms with van der Waals surface area (Å²) in [6.07, 6.45) is 3.28. The molecule has 4 nitrogen and oxygen atoms in total. The Morgan fingerprint density at radius 2 is 2.29 bits per heavy atom. The minimum Gasteiger partial charge on any atom is -0.355 e. The molecule has 0 radical (unpaired) electrons. The van der Waals surface area contributed by atoms with E-state index in [0.29, 0.717) is 19.1 Å². The minimum absolute atomic E-state index is 0.154. The standard InChI is InChI=1S/C10H21N3O/c1-2-12-9-5-3-4-8(9)10(14)13-7-6-11/h8-9,12H,2-7,11H2,1H3,(H,13,14). The number of nitrogens with two attached hydrogens (primary N) is 1. The first-order valence-electron chi connectivity index (χ1n) is 5.50. The van der Waals surface area contributed by atoms with E-state index in [-0.39, 0.29) is 11.8 Å². The lowest BCUT2D eigenvalue weighted by molar-refractivity contribution is -0.125. The fourth-order valence-electron chi connectivity index (χ4n) is 2.11. The monoisotopic (exact) mass is 199 g/mol. The zero-order chi connectivity index (χ0) is 10.4. The van der Waals surface area contributed by atoms with Gasteiger partial charge in [-0.1, -0.05) is 13.3 Å². The highest BCUT2D eigenvalue weighted by Gasteiger charge is 2.31. The predicted octanol–water partition coefficient (Wildman–Crippen LogP) is -0.160. The first-order valence-corrected chi connectivity index (χ1v) is 5.50. The molecule has 0 aromatic carbocycles. The minimum atomic E-state index is 0.154. The molecule has 0 heterocycles. The van der Waals surface area contributed by atoms with Crippen LogP contribution in [0.15, 0.2) is 0 Å². The van der Waals surface area contributed by atoms with E-state index >= 15 is 0 Å². The van der Waals surface area contributed by atoms with Crippen LogP contribution in [-0.4, -0.2) is 31.6 Å². The van der Waals surface area contributed by atoms with Gasteiger partial charge in [0.2, 0.25) is 5.91 Å². The Bertz CT molecular complexity index is 184. The first kappa shape index (κ1) is 11.5. The van der Waals surface area contributed by atoms with E-state index < -0.39 is 0 Å². The second-order valence-corrected chi connectivity index (χ2v) is 3.78. The van der Waals surface area contributed by atoms with Crippen molar-refractivity contribution < 1.29 is 4.79 Å². The fraction of sp³-hybridized carbons (Fsp3) is 0.900. The van der Waals surface area contributed by atoms with Crippen LogP contribution in [0, 0.1) is 5.92 Å². The van der Waals surface area contributed by atoms with Crippen LogP contribution in [-0.2, 0) is 4.79 Å². The van der Waals surface area contributed by atoms with E-state index in [1.807, 2.05) is 0 Å². The quantitative estimate of drug-likeness (QED) is 0.576. The normalized spacial score (nSPS) is 26.4. The van der Waals surface area contributed by atoms with Crippen LogP contribution < -0.4 is 16.4 Å². The Morgan fingerprint density at radius 3 is 2.93 bits per heavy atom. The van der Waals surface area contributed by atoms with Crippen molar-refractivity contribution in [1.82, 2.24) is 10.6 Å². The molecular weight excluding hydrogens is 178 g/mol. The second kappa shape index (κ2) is 5.98. The van der Waals surface area contributed by atoms with Crippen molar-refractivity contribution in [3.05, 3.63) is 0 Å². The fourth-order valence-corrected chi connectivity index (χ4v) is 2.11. The van der Waals surface area contributed by atoms with Gasteiger partial charge < -0.3 is 16.4 Å². The van der Waals surface area contributed by atoms with Crippen molar-refractivity contribution in [1.29, 1.82) is 0 Å². The molecule has 1 aliphatic rings. The number of amides is 1. The number of hydrogen-bond acceptors (Lipinski definition) is 3. The lowest BCUT2D eigenvalue weighted by atomic mass is 10.0. The van der Waals surface area contributed by atoms with Gasteiger partial charge in [0.05, 0.1) is 5.92 Å². The summed E-state index contributed by atoms with van der Waals surface area (Å²) in [6.45, 7) is 4.12. The summed E-state index contributed by atoms with van der Waals surface area (Å²) < 4.78 is 0. The highest BCUT2D eigenvalue weighted by Crippen LogP contribution is 2.25. The number of carbonyl (C=O) groups is 1. The van der Waals surface area contributed by atoms with Gasteiger partial charge in [0, 0.05) is 19.1 Å². The molecule has 14 heavy (non-hydrogen) atoms. The molecule has 0 aromatic rings. The molecule has 82 valence electrons. The summed E-state index contributed by atoms with van der Waals surface area (Å²) in [5, 5.41) is 6.22. The number of carbonyl (C=O) groups excluding carboxylic acids is 1. The van der Waals surface area contributed by atoms with Crippen molar-refractivity contribution in [2.45, 2.75) is 32.2 Å². The van der Waals surface area contributed by atoms with Crippen molar-refractivity contribution in [3.63, 3.8) is 0 Å². The van der Waals surface area contributed by atoms with E-state index in [1.54, 1.807) is 0 Å². The molecule has 1 fully saturated rings. The van der Waals surface area contributed by atoms with Crippen LogP contribution in [0.2, 0.25) is 0 Å². The molecule has 1 amide bonds. The predicted molar refractivity (Wildman–Crippen MR) is 56.9 cm³/mol. The number of hydrogen-bond donors (Lipinski definition) is 3. The summed E-state index contributed by atoms with van der Waals surface area (Å²) in [6, 6.07) is 0.373. The largest absolute Gasteiger partial charge is 0.355 e. The highest BCUT2D eigenvalue weighted by atomic mass is 16.1. The summed E-state index contributed by atoms with van der Waals surface area (Å²) in [4.78, 5) is 11.7. The number of nitrogens with one attached hydrogen (secondary N) is 2. The Kier molecular flexibility index (Phi) is 4.90. The highest BCUT2D eigenvalue weighted by molar-refractivity contribution is 5.79. The van der Waals surface area contributed by atoms with Crippen LogP contribution in [0.1, 0.15) is 26.2 Å². The van der Waals surface area contributed by atoms with E-state index in [2.05, 4.69) is 17.6 Å². The molecule has 1 aliphatic carbocycles. The van der Waals surface area contributed by atoms with Gasteiger partial charge in [0.15, 0.2) is 0 Å². The zero-order valence-corrected chi connectivity index (χ0v) is 8.88. The molecular formula is C10H21N3O. The third-order valence-electron chi connectivity index (χ3n) is 2.76. The van der Waals surface area contributed by atoms with Gasteiger partial charge in [0.25, 0.3) is 0 Å². The molecule has 4 heteroatoms. The average molecular weight is 199 g/mol. The van der Waals surface area contributed by atoms with Crippen LogP contribution in [0.4, 0.5) is 0 Å². The maximum Gasteiger partial charge on any atom is 0.224 e. The molecule has 2 atom stereocenters. The summed E-state index contributed by atoms with van der Waals surface area (Å²) in [5.41, 5.74) is 5.34. The molecule has 0 aromatic heterocycles. The maximum atomic E-state index is 11.7. The summed E-state index contributed by atoms with van der Waals surface area (Å²) >= 11 is 0. The molecule has 0 saturated heterocycles. The van der Waals surface area contributed by atoms with Gasteiger partial charge in [-0.25, -0.2) is 0 Å². The lowest BCUT2D eigenvalue weighted by Gasteiger charge is -2.19. The molecule has 1 saturated carbocycles. The van der Waals surface area contributed by atoms with Gasteiger partial charge >= 0.3 is 0 Å². The van der Waals surface area contributed by atoms with Crippen LogP contribution >= 0.6 is 0 Å². The van der Waals surface area contributed by atoms with Crippen molar-refractivity contribution in [3.8, 4) is 0 Å². The first-order chi connectivity index (χ1) is 6.79. The van der Waals surface area contributed by atoms with Gasteiger partial charge in [-0.3, -0.25) is 4.79 Å². The van der Waals surface area contributed by atoms with Crippen molar-refractivity contribution in [2.75, 3.05) is 19.6 Å². The maximum absolute atomic E-state index is 11.7. The molecule has 0 spiro atoms. The average Bonchev–Trinajstić information content (AvgIpc) is 2.63. The smallest absolute Gasteiger partial charge is 0.224 e. The van der Waals surface area contributed by atoms with E-state index in [9.17, 15) is 4.79 Å². The van der Waals surface area contributed by atoms with E-state index in [4.69, 9.17) is 5.73 Å². The van der Waals surface area contributed by atoms with Gasteiger partial charge in [-0.05, 0) is 19.4 Å². The molecule has 0 aliphatic heterocycles. The third-order valence-corrected chi connectivity index (χ3v) is 2.76. The van der Waals surface area contributed by atoms with Crippen molar-refractivity contribution >= 4 is 5.91 Å². The second-order valence-electron chi connectivity index (χ2n) is 3.78. The lowest BCUT2D eigenvalue weighted by Crippen LogP contribution is -2.42. The van der Waals surface area contributed by atoms with Crippen molar-refractivity contribution in [2.24, 2.45) is 11.7 Å². The summed E-state index contributed by atoms with van der Waals surface area (Å²) in [5.74, 6) is 0.320. The van der Waals surface area contributed by atoms with E-state index in [1.165, 1.54) is 0 Å². The Labute approximate surface area is 85.6 Å². The Balaban J connectivity index is 2.36. The Hall–Kier alpha value is -0.610. The third kappa shape index (κ3) is 2.96. The Morgan fingerprint density at radius 1 is 1.50 bits per heavy atom. The van der Waals surface area contributed by atoms with Gasteiger partial charge in [0.1, 0.15) is 0 Å². The summed E-state index contributed by atoms with van der Waals surface area (Å²) in [7, 11) is 0. The number of rotatable bonds is 5. The van der Waals surface area contributed by atoms with Gasteiger partial charge in [-0.2, -0.15) is 0 Å². The van der Waals surface area contributed by atoms with E-state index in [0.717, 1.165) is 25.8 Å². The SMILES string of the molecule is CCNC1CCCC1C(=O)NCCN. The molecule has 4 N–H and O–H groups in total. The van der Waals surface area contributed by atoms with Crippen LogP contribution in [0.25, 0.3) is 0 Å². The zero-order valence-electron chi connectivity index (χ0n) is 8.88. The molecule has 2 unspecified atom stereocenters. The molecule has 0 bridgehead atoms. The van der Waals surface area contributed by atoms with Crippen LogP contribution in [0.5, 0.6) is 0 Å². The molecule has 1 rings (SSSR count).